The van der Waals surface area contributed by atoms with E-state index in [2.05, 4.69) is 20.0 Å². The van der Waals surface area contributed by atoms with Crippen LogP contribution < -0.4 is 14.9 Å². The number of rotatable bonds is 7. The van der Waals surface area contributed by atoms with Gasteiger partial charge in [0.1, 0.15) is 17.7 Å². The standard InChI is InChI=1S/C25H25F3N6O4S2/c1-13-22(39-24(30-13)32-18-6-4-7-19(31-18)33-9-5-8-20(33)35)15-10-16-12-34(14(2)25(26,27)28)23(36)21(16)17(11-15)40(37,38)29-3/h4,6-7,10-11,14,29H,5,8-9,12H2,1-3H3,(H,30,31,32). The summed E-state index contributed by atoms with van der Waals surface area (Å²) in [5, 5.41) is 3.54. The molecule has 0 aliphatic carbocycles. The Morgan fingerprint density at radius 1 is 1.15 bits per heavy atom. The highest BCUT2D eigenvalue weighted by molar-refractivity contribution is 7.89. The summed E-state index contributed by atoms with van der Waals surface area (Å²) in [5.74, 6) is -0.0233. The molecule has 1 atom stereocenters. The number of halogens is 3. The normalized spacial score (nSPS) is 16.6. The monoisotopic (exact) mass is 594 g/mol. The smallest absolute Gasteiger partial charge is 0.322 e. The molecule has 2 aliphatic heterocycles. The van der Waals surface area contributed by atoms with Crippen molar-refractivity contribution in [1.82, 2.24) is 19.6 Å². The van der Waals surface area contributed by atoms with Gasteiger partial charge in [0, 0.05) is 19.5 Å². The Hall–Kier alpha value is -3.56. The minimum atomic E-state index is -4.68. The number of pyridine rings is 1. The second kappa shape index (κ2) is 10.1. The maximum atomic E-state index is 13.4. The van der Waals surface area contributed by atoms with Crippen LogP contribution in [0.2, 0.25) is 0 Å². The topological polar surface area (TPSA) is 125 Å². The fourth-order valence-corrected chi connectivity index (χ4v) is 6.69. The minimum Gasteiger partial charge on any atom is -0.322 e. The number of amides is 2. The fraction of sp³-hybridized carbons (Fsp3) is 0.360. The first kappa shape index (κ1) is 28.0. The van der Waals surface area contributed by atoms with Crippen LogP contribution in [0.25, 0.3) is 10.4 Å². The summed E-state index contributed by atoms with van der Waals surface area (Å²) in [7, 11) is -3.03. The van der Waals surface area contributed by atoms with Gasteiger partial charge in [-0.2, -0.15) is 13.2 Å². The highest BCUT2D eigenvalue weighted by atomic mass is 32.2. The number of fused-ring (bicyclic) bond motifs is 1. The molecule has 40 heavy (non-hydrogen) atoms. The number of hydrogen-bond acceptors (Lipinski definition) is 8. The molecular weight excluding hydrogens is 569 g/mol. The summed E-state index contributed by atoms with van der Waals surface area (Å²) in [6.45, 7) is 2.79. The Morgan fingerprint density at radius 3 is 2.55 bits per heavy atom. The zero-order chi connectivity index (χ0) is 29.0. The van der Waals surface area contributed by atoms with Gasteiger partial charge in [0.25, 0.3) is 5.91 Å². The third-order valence-corrected chi connectivity index (χ3v) is 9.44. The van der Waals surface area contributed by atoms with Crippen molar-refractivity contribution in [3.63, 3.8) is 0 Å². The van der Waals surface area contributed by atoms with Gasteiger partial charge in [0.05, 0.1) is 21.0 Å². The number of sulfonamides is 1. The number of nitrogens with zero attached hydrogens (tertiary/aromatic N) is 4. The van der Waals surface area contributed by atoms with E-state index >= 15 is 0 Å². The molecule has 1 fully saturated rings. The number of benzene rings is 1. The number of hydrogen-bond donors (Lipinski definition) is 2. The number of thiazole rings is 1. The van der Waals surface area contributed by atoms with E-state index < -0.39 is 33.0 Å². The third kappa shape index (κ3) is 5.04. The van der Waals surface area contributed by atoms with Crippen LogP contribution in [0.3, 0.4) is 0 Å². The third-order valence-electron chi connectivity index (χ3n) is 6.88. The number of aryl methyl sites for hydroxylation is 1. The number of anilines is 3. The second-order valence-electron chi connectivity index (χ2n) is 9.46. The average Bonchev–Trinajstić information content (AvgIpc) is 3.59. The lowest BCUT2D eigenvalue weighted by atomic mass is 10.0. The molecule has 2 N–H and O–H groups in total. The van der Waals surface area contributed by atoms with Gasteiger partial charge in [0.2, 0.25) is 15.9 Å². The molecule has 3 aromatic rings. The van der Waals surface area contributed by atoms with Crippen LogP contribution in [-0.4, -0.2) is 60.9 Å². The highest BCUT2D eigenvalue weighted by Crippen LogP contribution is 2.41. The van der Waals surface area contributed by atoms with Gasteiger partial charge < -0.3 is 10.2 Å². The quantitative estimate of drug-likeness (QED) is 0.420. The lowest BCUT2D eigenvalue weighted by Crippen LogP contribution is -2.43. The average molecular weight is 595 g/mol. The molecule has 0 saturated carbocycles. The van der Waals surface area contributed by atoms with Crippen molar-refractivity contribution in [2.75, 3.05) is 23.8 Å². The van der Waals surface area contributed by atoms with E-state index in [0.717, 1.165) is 13.3 Å². The van der Waals surface area contributed by atoms with Crippen LogP contribution in [0.1, 0.15) is 41.4 Å². The summed E-state index contributed by atoms with van der Waals surface area (Å²) in [6, 6.07) is 5.94. The maximum absolute atomic E-state index is 13.4. The molecule has 1 saturated heterocycles. The molecule has 15 heteroatoms. The van der Waals surface area contributed by atoms with Crippen molar-refractivity contribution in [3.05, 3.63) is 47.2 Å². The van der Waals surface area contributed by atoms with Crippen LogP contribution in [0.4, 0.5) is 29.9 Å². The van der Waals surface area contributed by atoms with E-state index in [0.29, 0.717) is 50.8 Å². The second-order valence-corrected chi connectivity index (χ2v) is 12.3. The lowest BCUT2D eigenvalue weighted by Gasteiger charge is -2.26. The van der Waals surface area contributed by atoms with Gasteiger partial charge in [-0.25, -0.2) is 23.1 Å². The molecular formula is C25H25F3N6O4S2. The molecule has 212 valence electrons. The lowest BCUT2D eigenvalue weighted by molar-refractivity contribution is -0.172. The molecule has 10 nitrogen and oxygen atoms in total. The number of carbonyl (C=O) groups is 2. The molecule has 0 radical (unpaired) electrons. The fourth-order valence-electron chi connectivity index (χ4n) is 4.74. The van der Waals surface area contributed by atoms with Crippen LogP contribution in [0, 0.1) is 6.92 Å². The van der Waals surface area contributed by atoms with Gasteiger partial charge >= 0.3 is 6.18 Å². The van der Waals surface area contributed by atoms with Crippen LogP contribution >= 0.6 is 11.3 Å². The number of carbonyl (C=O) groups excluding carboxylic acids is 2. The zero-order valence-corrected chi connectivity index (χ0v) is 23.3. The molecule has 2 aliphatic rings. The van der Waals surface area contributed by atoms with Crippen molar-refractivity contribution in [1.29, 1.82) is 0 Å². The maximum Gasteiger partial charge on any atom is 0.408 e. The molecule has 4 heterocycles. The van der Waals surface area contributed by atoms with E-state index in [1.165, 1.54) is 30.5 Å². The van der Waals surface area contributed by atoms with E-state index in [1.54, 1.807) is 30.0 Å². The minimum absolute atomic E-state index is 0.00244. The SMILES string of the molecule is CNS(=O)(=O)c1cc(-c2sc(Nc3cccc(N4CCCC4=O)n3)nc2C)cc2c1C(=O)N(C(C)C(F)(F)F)C2. The van der Waals surface area contributed by atoms with Gasteiger partial charge in [-0.05, 0) is 62.7 Å². The Labute approximate surface area is 232 Å². The van der Waals surface area contributed by atoms with E-state index in [-0.39, 0.29) is 23.6 Å². The predicted molar refractivity (Wildman–Crippen MR) is 143 cm³/mol. The van der Waals surface area contributed by atoms with E-state index in [4.69, 9.17) is 0 Å². The van der Waals surface area contributed by atoms with Crippen molar-refractivity contribution in [2.45, 2.75) is 50.3 Å². The molecule has 1 unspecified atom stereocenters. The highest BCUT2D eigenvalue weighted by Gasteiger charge is 2.46. The first-order valence-electron chi connectivity index (χ1n) is 12.3. The zero-order valence-electron chi connectivity index (χ0n) is 21.7. The van der Waals surface area contributed by atoms with Gasteiger partial charge in [-0.3, -0.25) is 14.5 Å². The van der Waals surface area contributed by atoms with Gasteiger partial charge in [-0.15, -0.1) is 0 Å². The molecule has 0 spiro atoms. The summed E-state index contributed by atoms with van der Waals surface area (Å²) in [6.07, 6.45) is -3.44. The predicted octanol–water partition coefficient (Wildman–Crippen LogP) is 4.20. The molecule has 0 bridgehead atoms. The van der Waals surface area contributed by atoms with E-state index in [9.17, 15) is 31.2 Å². The Bertz CT molecular complexity index is 1620. The Kier molecular flexibility index (Phi) is 7.08. The summed E-state index contributed by atoms with van der Waals surface area (Å²) < 4.78 is 68.3. The number of alkyl halides is 3. The van der Waals surface area contributed by atoms with Crippen LogP contribution in [0.5, 0.6) is 0 Å². The molecule has 1 aromatic carbocycles. The van der Waals surface area contributed by atoms with Crippen molar-refractivity contribution in [2.24, 2.45) is 0 Å². The molecule has 5 rings (SSSR count). The van der Waals surface area contributed by atoms with Crippen LogP contribution in [0.15, 0.2) is 35.2 Å². The number of nitrogens with one attached hydrogen (secondary N) is 2. The summed E-state index contributed by atoms with van der Waals surface area (Å²) >= 11 is 1.19. The first-order valence-corrected chi connectivity index (χ1v) is 14.6. The Balaban J connectivity index is 1.51. The van der Waals surface area contributed by atoms with E-state index in [1.807, 2.05) is 0 Å². The summed E-state index contributed by atoms with van der Waals surface area (Å²) in [4.78, 5) is 36.6. The van der Waals surface area contributed by atoms with Crippen molar-refractivity contribution >= 4 is 49.9 Å². The Morgan fingerprint density at radius 2 is 1.90 bits per heavy atom. The largest absolute Gasteiger partial charge is 0.408 e. The van der Waals surface area contributed by atoms with Crippen LogP contribution in [-0.2, 0) is 21.4 Å². The van der Waals surface area contributed by atoms with Gasteiger partial charge in [0.15, 0.2) is 5.13 Å². The van der Waals surface area contributed by atoms with Crippen molar-refractivity contribution < 1.29 is 31.2 Å². The molecule has 2 amide bonds. The molecule has 2 aromatic heterocycles. The summed E-state index contributed by atoms with van der Waals surface area (Å²) in [5.41, 5.74) is 0.844. The van der Waals surface area contributed by atoms with Crippen molar-refractivity contribution in [3.8, 4) is 10.4 Å². The first-order chi connectivity index (χ1) is 18.8. The number of aromatic nitrogens is 2. The van der Waals surface area contributed by atoms with Gasteiger partial charge in [-0.1, -0.05) is 17.4 Å².